The summed E-state index contributed by atoms with van der Waals surface area (Å²) in [4.78, 5) is 11.8. The number of ether oxygens (including phenoxy) is 1. The maximum atomic E-state index is 13.1. The lowest BCUT2D eigenvalue weighted by Crippen LogP contribution is -2.32. The van der Waals surface area contributed by atoms with Crippen LogP contribution in [-0.2, 0) is 0 Å². The zero-order chi connectivity index (χ0) is 17.7. The fourth-order valence-corrected chi connectivity index (χ4v) is 2.64. The highest BCUT2D eigenvalue weighted by atomic mass is 35.5. The van der Waals surface area contributed by atoms with Crippen LogP contribution < -0.4 is 15.4 Å². The number of aryl methyl sites for hydroxylation is 3. The minimum atomic E-state index is -0.528. The summed E-state index contributed by atoms with van der Waals surface area (Å²) in [5, 5.41) is 5.22. The number of urea groups is 1. The average Bonchev–Trinajstić information content (AvgIpc) is 2.49. The monoisotopic (exact) mass is 350 g/mol. The van der Waals surface area contributed by atoms with E-state index >= 15 is 0 Å². The molecule has 2 amide bonds. The fourth-order valence-electron chi connectivity index (χ4n) is 2.46. The SMILES string of the molecule is Cc1cc(C)c(OCCNC(=O)Nc2ccc(F)c(Cl)c2)c(C)c1. The maximum Gasteiger partial charge on any atom is 0.319 e. The van der Waals surface area contributed by atoms with Crippen molar-refractivity contribution in [3.8, 4) is 5.75 Å². The van der Waals surface area contributed by atoms with Crippen LogP contribution in [0.25, 0.3) is 0 Å². The molecule has 2 N–H and O–H groups in total. The van der Waals surface area contributed by atoms with E-state index in [1.54, 1.807) is 0 Å². The molecular weight excluding hydrogens is 331 g/mol. The van der Waals surface area contributed by atoms with Crippen LogP contribution in [0.4, 0.5) is 14.9 Å². The number of hydrogen-bond donors (Lipinski definition) is 2. The third-order valence-electron chi connectivity index (χ3n) is 3.42. The highest BCUT2D eigenvalue weighted by Crippen LogP contribution is 2.24. The average molecular weight is 351 g/mol. The molecule has 0 aliphatic heterocycles. The molecule has 0 spiro atoms. The molecular formula is C18H20ClFN2O2. The minimum Gasteiger partial charge on any atom is -0.491 e. The molecule has 0 heterocycles. The van der Waals surface area contributed by atoms with Gasteiger partial charge in [-0.25, -0.2) is 9.18 Å². The molecule has 0 aliphatic carbocycles. The standard InChI is InChI=1S/C18H20ClFN2O2/c1-11-8-12(2)17(13(3)9-11)24-7-6-21-18(23)22-14-4-5-16(20)15(19)10-14/h4-5,8-10H,6-7H2,1-3H3,(H2,21,22,23). The predicted molar refractivity (Wildman–Crippen MR) is 94.6 cm³/mol. The van der Waals surface area contributed by atoms with Crippen molar-refractivity contribution in [2.24, 2.45) is 0 Å². The number of anilines is 1. The lowest BCUT2D eigenvalue weighted by atomic mass is 10.1. The third kappa shape index (κ3) is 4.86. The number of carbonyl (C=O) groups excluding carboxylic acids is 1. The van der Waals surface area contributed by atoms with Gasteiger partial charge in [-0.3, -0.25) is 0 Å². The van der Waals surface area contributed by atoms with Crippen LogP contribution in [0.3, 0.4) is 0 Å². The normalized spacial score (nSPS) is 10.4. The van der Waals surface area contributed by atoms with E-state index in [1.807, 2.05) is 20.8 Å². The summed E-state index contributed by atoms with van der Waals surface area (Å²) in [5.41, 5.74) is 3.74. The van der Waals surface area contributed by atoms with Crippen molar-refractivity contribution in [2.75, 3.05) is 18.5 Å². The van der Waals surface area contributed by atoms with E-state index in [0.29, 0.717) is 18.8 Å². The van der Waals surface area contributed by atoms with Crippen LogP contribution in [0.5, 0.6) is 5.75 Å². The Morgan fingerprint density at radius 2 is 1.83 bits per heavy atom. The highest BCUT2D eigenvalue weighted by Gasteiger charge is 2.07. The van der Waals surface area contributed by atoms with Gasteiger partial charge in [0.15, 0.2) is 0 Å². The van der Waals surface area contributed by atoms with Crippen LogP contribution >= 0.6 is 11.6 Å². The summed E-state index contributed by atoms with van der Waals surface area (Å²) < 4.78 is 18.8. The molecule has 0 aliphatic rings. The van der Waals surface area contributed by atoms with Crippen molar-refractivity contribution in [1.82, 2.24) is 5.32 Å². The molecule has 0 unspecified atom stereocenters. The van der Waals surface area contributed by atoms with Gasteiger partial charge in [0, 0.05) is 5.69 Å². The molecule has 2 aromatic carbocycles. The topological polar surface area (TPSA) is 50.4 Å². The molecule has 0 saturated heterocycles. The van der Waals surface area contributed by atoms with E-state index in [2.05, 4.69) is 22.8 Å². The van der Waals surface area contributed by atoms with Crippen LogP contribution in [0, 0.1) is 26.6 Å². The first kappa shape index (κ1) is 18.1. The van der Waals surface area contributed by atoms with Crippen LogP contribution in [-0.4, -0.2) is 19.2 Å². The second kappa shape index (κ2) is 8.02. The Labute approximate surface area is 146 Å². The fraction of sp³-hybridized carbons (Fsp3) is 0.278. The Bertz CT molecular complexity index is 727. The largest absolute Gasteiger partial charge is 0.491 e. The molecule has 0 radical (unpaired) electrons. The zero-order valence-corrected chi connectivity index (χ0v) is 14.6. The second-order valence-corrected chi connectivity index (χ2v) is 5.99. The zero-order valence-electron chi connectivity index (χ0n) is 13.9. The molecule has 0 fully saturated rings. The third-order valence-corrected chi connectivity index (χ3v) is 3.71. The van der Waals surface area contributed by atoms with Crippen molar-refractivity contribution in [1.29, 1.82) is 0 Å². The number of carbonyl (C=O) groups is 1. The molecule has 2 aromatic rings. The van der Waals surface area contributed by atoms with E-state index < -0.39 is 11.8 Å². The first-order valence-corrected chi connectivity index (χ1v) is 7.95. The highest BCUT2D eigenvalue weighted by molar-refractivity contribution is 6.31. The minimum absolute atomic E-state index is 0.0403. The first-order valence-electron chi connectivity index (χ1n) is 7.57. The van der Waals surface area contributed by atoms with E-state index in [1.165, 1.54) is 23.8 Å². The van der Waals surface area contributed by atoms with Crippen LogP contribution in [0.2, 0.25) is 5.02 Å². The van der Waals surface area contributed by atoms with Gasteiger partial charge in [0.05, 0.1) is 11.6 Å². The smallest absolute Gasteiger partial charge is 0.319 e. The molecule has 4 nitrogen and oxygen atoms in total. The van der Waals surface area contributed by atoms with Crippen LogP contribution in [0.15, 0.2) is 30.3 Å². The van der Waals surface area contributed by atoms with E-state index in [0.717, 1.165) is 16.9 Å². The van der Waals surface area contributed by atoms with E-state index in [-0.39, 0.29) is 5.02 Å². The van der Waals surface area contributed by atoms with Gasteiger partial charge in [-0.15, -0.1) is 0 Å². The predicted octanol–water partition coefficient (Wildman–Crippen LogP) is 4.60. The maximum absolute atomic E-state index is 13.1. The summed E-state index contributed by atoms with van der Waals surface area (Å²) in [6.07, 6.45) is 0. The van der Waals surface area contributed by atoms with Gasteiger partial charge in [-0.05, 0) is 50.1 Å². The summed E-state index contributed by atoms with van der Waals surface area (Å²) in [6.45, 7) is 6.72. The molecule has 0 bridgehead atoms. The lowest BCUT2D eigenvalue weighted by molar-refractivity contribution is 0.247. The number of hydrogen-bond acceptors (Lipinski definition) is 2. The molecule has 0 atom stereocenters. The Morgan fingerprint density at radius 3 is 2.46 bits per heavy atom. The van der Waals surface area contributed by atoms with Gasteiger partial charge >= 0.3 is 6.03 Å². The second-order valence-electron chi connectivity index (χ2n) is 5.59. The number of nitrogens with one attached hydrogen (secondary N) is 2. The summed E-state index contributed by atoms with van der Waals surface area (Å²) in [6, 6.07) is 7.70. The molecule has 24 heavy (non-hydrogen) atoms. The van der Waals surface area contributed by atoms with Gasteiger partial charge in [0.1, 0.15) is 18.2 Å². The quantitative estimate of drug-likeness (QED) is 0.774. The first-order chi connectivity index (χ1) is 11.4. The Kier molecular flexibility index (Phi) is 6.04. The Balaban J connectivity index is 1.80. The number of benzene rings is 2. The van der Waals surface area contributed by atoms with Crippen molar-refractivity contribution in [2.45, 2.75) is 20.8 Å². The summed E-state index contributed by atoms with van der Waals surface area (Å²) in [7, 11) is 0. The van der Waals surface area contributed by atoms with Gasteiger partial charge in [0.2, 0.25) is 0 Å². The molecule has 2 rings (SSSR count). The van der Waals surface area contributed by atoms with Crippen molar-refractivity contribution in [3.05, 3.63) is 57.9 Å². The van der Waals surface area contributed by atoms with Gasteiger partial charge < -0.3 is 15.4 Å². The van der Waals surface area contributed by atoms with Gasteiger partial charge in [-0.2, -0.15) is 0 Å². The van der Waals surface area contributed by atoms with E-state index in [4.69, 9.17) is 16.3 Å². The molecule has 128 valence electrons. The number of rotatable bonds is 5. The van der Waals surface area contributed by atoms with Crippen molar-refractivity contribution in [3.63, 3.8) is 0 Å². The Morgan fingerprint density at radius 1 is 1.17 bits per heavy atom. The van der Waals surface area contributed by atoms with Gasteiger partial charge in [0.25, 0.3) is 0 Å². The number of halogens is 2. The van der Waals surface area contributed by atoms with Crippen LogP contribution in [0.1, 0.15) is 16.7 Å². The molecule has 0 saturated carbocycles. The molecule has 6 heteroatoms. The number of amides is 2. The van der Waals surface area contributed by atoms with Crippen molar-refractivity contribution >= 4 is 23.3 Å². The van der Waals surface area contributed by atoms with Crippen molar-refractivity contribution < 1.29 is 13.9 Å². The summed E-state index contributed by atoms with van der Waals surface area (Å²) in [5.74, 6) is 0.313. The van der Waals surface area contributed by atoms with E-state index in [9.17, 15) is 9.18 Å². The molecule has 0 aromatic heterocycles. The Hall–Kier alpha value is -2.27. The lowest BCUT2D eigenvalue weighted by Gasteiger charge is -2.14. The van der Waals surface area contributed by atoms with Gasteiger partial charge in [-0.1, -0.05) is 29.3 Å². The summed E-state index contributed by atoms with van der Waals surface area (Å²) >= 11 is 5.67.